The number of halogens is 1. The van der Waals surface area contributed by atoms with Crippen LogP contribution in [0.25, 0.3) is 0 Å². The number of nitrogens with zero attached hydrogens (tertiary/aromatic N) is 1. The van der Waals surface area contributed by atoms with Crippen LogP contribution < -0.4 is 5.32 Å². The number of hydrogen-bond donors (Lipinski definition) is 2. The monoisotopic (exact) mass is 278 g/mol. The van der Waals surface area contributed by atoms with Gasteiger partial charge in [-0.2, -0.15) is 5.26 Å². The van der Waals surface area contributed by atoms with Gasteiger partial charge in [0, 0.05) is 18.2 Å². The molecular formula is C15H19ClN2O. The van der Waals surface area contributed by atoms with Crippen LogP contribution in [0, 0.1) is 23.2 Å². The fraction of sp³-hybridized carbons (Fsp3) is 0.533. The number of hydrogen-bond acceptors (Lipinski definition) is 3. The van der Waals surface area contributed by atoms with E-state index in [1.54, 1.807) is 12.1 Å². The van der Waals surface area contributed by atoms with Gasteiger partial charge in [0.2, 0.25) is 0 Å². The SMILES string of the molecule is N#Cc1ccc(CNCC2CCCC2CO)c(Cl)c1. The molecule has 1 fully saturated rings. The van der Waals surface area contributed by atoms with Crippen LogP contribution in [0.15, 0.2) is 18.2 Å². The lowest BCUT2D eigenvalue weighted by Crippen LogP contribution is -2.26. The summed E-state index contributed by atoms with van der Waals surface area (Å²) in [6.07, 6.45) is 3.55. The van der Waals surface area contributed by atoms with Crippen LogP contribution in [0.1, 0.15) is 30.4 Å². The molecule has 0 bridgehead atoms. The normalized spacial score (nSPS) is 22.4. The van der Waals surface area contributed by atoms with E-state index in [4.69, 9.17) is 16.9 Å². The van der Waals surface area contributed by atoms with Gasteiger partial charge >= 0.3 is 0 Å². The van der Waals surface area contributed by atoms with Crippen LogP contribution in [0.5, 0.6) is 0 Å². The summed E-state index contributed by atoms with van der Waals surface area (Å²) in [6.45, 7) is 1.92. The average molecular weight is 279 g/mol. The van der Waals surface area contributed by atoms with Crippen molar-refractivity contribution in [3.8, 4) is 6.07 Å². The molecule has 2 atom stereocenters. The Balaban J connectivity index is 1.84. The van der Waals surface area contributed by atoms with Crippen LogP contribution in [-0.2, 0) is 6.54 Å². The molecule has 0 heterocycles. The number of aliphatic hydroxyl groups is 1. The van der Waals surface area contributed by atoms with E-state index in [9.17, 15) is 5.11 Å². The van der Waals surface area contributed by atoms with Gasteiger partial charge in [0.15, 0.2) is 0 Å². The average Bonchev–Trinajstić information content (AvgIpc) is 2.88. The Hall–Kier alpha value is -1.08. The van der Waals surface area contributed by atoms with Crippen molar-refractivity contribution >= 4 is 11.6 Å². The van der Waals surface area contributed by atoms with Crippen LogP contribution in [0.2, 0.25) is 5.02 Å². The third-order valence-corrected chi connectivity index (χ3v) is 4.31. The Morgan fingerprint density at radius 2 is 2.16 bits per heavy atom. The molecule has 0 amide bonds. The molecule has 1 saturated carbocycles. The lowest BCUT2D eigenvalue weighted by Gasteiger charge is -2.18. The molecule has 2 N–H and O–H groups in total. The van der Waals surface area contributed by atoms with Crippen molar-refractivity contribution in [2.75, 3.05) is 13.2 Å². The molecule has 0 radical (unpaired) electrons. The Bertz CT molecular complexity index is 470. The lowest BCUT2D eigenvalue weighted by molar-refractivity contribution is 0.192. The molecule has 0 aromatic heterocycles. The minimum Gasteiger partial charge on any atom is -0.396 e. The first kappa shape index (κ1) is 14.3. The summed E-state index contributed by atoms with van der Waals surface area (Å²) in [4.78, 5) is 0. The van der Waals surface area contributed by atoms with Crippen molar-refractivity contribution in [3.05, 3.63) is 34.3 Å². The van der Waals surface area contributed by atoms with E-state index in [0.29, 0.717) is 35.6 Å². The van der Waals surface area contributed by atoms with Gasteiger partial charge in [-0.25, -0.2) is 0 Å². The van der Waals surface area contributed by atoms with E-state index in [2.05, 4.69) is 11.4 Å². The van der Waals surface area contributed by atoms with Crippen molar-refractivity contribution in [1.29, 1.82) is 5.26 Å². The quantitative estimate of drug-likeness (QED) is 0.871. The van der Waals surface area contributed by atoms with E-state index in [-0.39, 0.29) is 0 Å². The van der Waals surface area contributed by atoms with Crippen LogP contribution in [0.3, 0.4) is 0 Å². The third kappa shape index (κ3) is 3.70. The zero-order valence-corrected chi connectivity index (χ0v) is 11.7. The van der Waals surface area contributed by atoms with Crippen molar-refractivity contribution < 1.29 is 5.11 Å². The molecule has 1 aliphatic rings. The fourth-order valence-corrected chi connectivity index (χ4v) is 3.02. The first-order valence-corrected chi connectivity index (χ1v) is 7.12. The Morgan fingerprint density at radius 3 is 2.84 bits per heavy atom. The van der Waals surface area contributed by atoms with Crippen molar-refractivity contribution in [3.63, 3.8) is 0 Å². The molecule has 1 aliphatic carbocycles. The van der Waals surface area contributed by atoms with E-state index < -0.39 is 0 Å². The van der Waals surface area contributed by atoms with E-state index in [0.717, 1.165) is 18.5 Å². The molecule has 1 aromatic carbocycles. The van der Waals surface area contributed by atoms with Gasteiger partial charge in [0.05, 0.1) is 11.6 Å². The number of aliphatic hydroxyl groups excluding tert-OH is 1. The number of benzene rings is 1. The molecule has 19 heavy (non-hydrogen) atoms. The number of rotatable bonds is 5. The molecular weight excluding hydrogens is 260 g/mol. The molecule has 0 saturated heterocycles. The summed E-state index contributed by atoms with van der Waals surface area (Å²) in [6, 6.07) is 7.46. The second-order valence-corrected chi connectivity index (χ2v) is 5.59. The molecule has 0 aliphatic heterocycles. The second-order valence-electron chi connectivity index (χ2n) is 5.18. The highest BCUT2D eigenvalue weighted by atomic mass is 35.5. The maximum absolute atomic E-state index is 9.28. The van der Waals surface area contributed by atoms with Crippen LogP contribution >= 0.6 is 11.6 Å². The third-order valence-electron chi connectivity index (χ3n) is 3.96. The maximum atomic E-state index is 9.28. The molecule has 102 valence electrons. The minimum atomic E-state index is 0.296. The number of nitrogens with one attached hydrogen (secondary N) is 1. The highest BCUT2D eigenvalue weighted by Crippen LogP contribution is 2.30. The first-order valence-electron chi connectivity index (χ1n) is 6.74. The van der Waals surface area contributed by atoms with Gasteiger partial charge in [-0.15, -0.1) is 0 Å². The molecule has 1 aromatic rings. The number of nitriles is 1. The largest absolute Gasteiger partial charge is 0.396 e. The highest BCUT2D eigenvalue weighted by molar-refractivity contribution is 6.31. The Labute approximate surface area is 119 Å². The zero-order chi connectivity index (χ0) is 13.7. The molecule has 2 rings (SSSR count). The Morgan fingerprint density at radius 1 is 1.37 bits per heavy atom. The zero-order valence-electron chi connectivity index (χ0n) is 10.9. The first-order chi connectivity index (χ1) is 9.24. The molecule has 2 unspecified atom stereocenters. The predicted octanol–water partition coefficient (Wildman–Crippen LogP) is 2.71. The smallest absolute Gasteiger partial charge is 0.0992 e. The maximum Gasteiger partial charge on any atom is 0.0992 e. The standard InChI is InChI=1S/C15H19ClN2O/c16-15-6-11(7-17)4-5-13(15)9-18-8-12-2-1-3-14(12)10-19/h4-6,12,14,18-19H,1-3,8-10H2. The summed E-state index contributed by atoms with van der Waals surface area (Å²) in [5, 5.41) is 22.1. The topological polar surface area (TPSA) is 56.0 Å². The summed E-state index contributed by atoms with van der Waals surface area (Å²) in [7, 11) is 0. The molecule has 0 spiro atoms. The van der Waals surface area contributed by atoms with Crippen molar-refractivity contribution in [2.45, 2.75) is 25.8 Å². The van der Waals surface area contributed by atoms with Crippen LogP contribution in [-0.4, -0.2) is 18.3 Å². The summed E-state index contributed by atoms with van der Waals surface area (Å²) < 4.78 is 0. The minimum absolute atomic E-state index is 0.296. The van der Waals surface area contributed by atoms with Gasteiger partial charge in [-0.05, 0) is 48.9 Å². The lowest BCUT2D eigenvalue weighted by atomic mass is 9.97. The highest BCUT2D eigenvalue weighted by Gasteiger charge is 2.25. The van der Waals surface area contributed by atoms with Gasteiger partial charge in [0.1, 0.15) is 0 Å². The van der Waals surface area contributed by atoms with Crippen LogP contribution in [0.4, 0.5) is 0 Å². The van der Waals surface area contributed by atoms with Crippen molar-refractivity contribution in [2.24, 2.45) is 11.8 Å². The van der Waals surface area contributed by atoms with Gasteiger partial charge < -0.3 is 10.4 Å². The van der Waals surface area contributed by atoms with E-state index >= 15 is 0 Å². The Kier molecular flexibility index (Phi) is 5.21. The second kappa shape index (κ2) is 6.91. The van der Waals surface area contributed by atoms with E-state index in [1.165, 1.54) is 12.8 Å². The summed E-state index contributed by atoms with van der Waals surface area (Å²) in [5.41, 5.74) is 1.60. The predicted molar refractivity (Wildman–Crippen MR) is 75.8 cm³/mol. The van der Waals surface area contributed by atoms with Crippen molar-refractivity contribution in [1.82, 2.24) is 5.32 Å². The summed E-state index contributed by atoms with van der Waals surface area (Å²) in [5.74, 6) is 1.02. The fourth-order valence-electron chi connectivity index (χ4n) is 2.78. The van der Waals surface area contributed by atoms with Gasteiger partial charge in [0.25, 0.3) is 0 Å². The molecule has 4 heteroatoms. The molecule has 3 nitrogen and oxygen atoms in total. The summed E-state index contributed by atoms with van der Waals surface area (Å²) >= 11 is 6.13. The van der Waals surface area contributed by atoms with Gasteiger partial charge in [-0.1, -0.05) is 24.1 Å². The van der Waals surface area contributed by atoms with Gasteiger partial charge in [-0.3, -0.25) is 0 Å². The van der Waals surface area contributed by atoms with E-state index in [1.807, 2.05) is 6.07 Å².